The van der Waals surface area contributed by atoms with Crippen molar-refractivity contribution in [2.45, 2.75) is 13.5 Å². The molecule has 7 heteroatoms. The molecule has 1 N–H and O–H groups in total. The number of aromatic amines is 1. The molecule has 114 valence electrons. The molecule has 23 heavy (non-hydrogen) atoms. The Morgan fingerprint density at radius 2 is 2.17 bits per heavy atom. The lowest BCUT2D eigenvalue weighted by Crippen LogP contribution is -2.01. The molecule has 0 spiro atoms. The van der Waals surface area contributed by atoms with E-state index in [1.165, 1.54) is 0 Å². The van der Waals surface area contributed by atoms with Gasteiger partial charge in [0.05, 0.1) is 11.9 Å². The van der Waals surface area contributed by atoms with Crippen molar-refractivity contribution in [2.75, 3.05) is 0 Å². The second kappa shape index (κ2) is 5.53. The second-order valence-electron chi connectivity index (χ2n) is 5.29. The van der Waals surface area contributed by atoms with E-state index in [4.69, 9.17) is 0 Å². The van der Waals surface area contributed by atoms with Crippen molar-refractivity contribution in [2.24, 2.45) is 0 Å². The lowest BCUT2D eigenvalue weighted by molar-refractivity contribution is 0.629. The molecule has 0 atom stereocenters. The number of nitrogens with one attached hydrogen (secondary N) is 1. The van der Waals surface area contributed by atoms with Gasteiger partial charge in [-0.3, -0.25) is 0 Å². The SMILES string of the molecule is Cc1cc(-n2cccn2)ccc1-c1cn(Cc2ncc[nH]2)nn1. The quantitative estimate of drug-likeness (QED) is 0.627. The summed E-state index contributed by atoms with van der Waals surface area (Å²) in [5, 5.41) is 12.7. The van der Waals surface area contributed by atoms with E-state index in [1.807, 2.05) is 35.3 Å². The van der Waals surface area contributed by atoms with Crippen LogP contribution in [-0.4, -0.2) is 34.7 Å². The van der Waals surface area contributed by atoms with Crippen LogP contribution in [0.15, 0.2) is 55.2 Å². The molecule has 0 saturated carbocycles. The maximum atomic E-state index is 4.27. The Morgan fingerprint density at radius 1 is 1.22 bits per heavy atom. The van der Waals surface area contributed by atoms with Gasteiger partial charge in [-0.2, -0.15) is 5.10 Å². The van der Waals surface area contributed by atoms with Crippen molar-refractivity contribution in [1.82, 2.24) is 34.7 Å². The molecule has 0 saturated heterocycles. The normalized spacial score (nSPS) is 11.0. The first-order valence-corrected chi connectivity index (χ1v) is 7.29. The largest absolute Gasteiger partial charge is 0.347 e. The molecule has 4 aromatic rings. The first-order chi connectivity index (χ1) is 11.3. The topological polar surface area (TPSA) is 77.2 Å². The molecule has 0 bridgehead atoms. The summed E-state index contributed by atoms with van der Waals surface area (Å²) >= 11 is 0. The van der Waals surface area contributed by atoms with Gasteiger partial charge in [-0.05, 0) is 30.7 Å². The fourth-order valence-electron chi connectivity index (χ4n) is 2.54. The zero-order valence-corrected chi connectivity index (χ0v) is 12.6. The van der Waals surface area contributed by atoms with Gasteiger partial charge in [-0.25, -0.2) is 14.3 Å². The molecule has 1 aromatic carbocycles. The van der Waals surface area contributed by atoms with Gasteiger partial charge in [0.2, 0.25) is 0 Å². The van der Waals surface area contributed by atoms with E-state index >= 15 is 0 Å². The number of hydrogen-bond donors (Lipinski definition) is 1. The number of hydrogen-bond acceptors (Lipinski definition) is 4. The maximum Gasteiger partial charge on any atom is 0.127 e. The van der Waals surface area contributed by atoms with Crippen LogP contribution in [0, 0.1) is 6.92 Å². The van der Waals surface area contributed by atoms with Crippen LogP contribution in [0.2, 0.25) is 0 Å². The van der Waals surface area contributed by atoms with Gasteiger partial charge in [-0.15, -0.1) is 5.10 Å². The Bertz CT molecular complexity index is 904. The van der Waals surface area contributed by atoms with E-state index in [9.17, 15) is 0 Å². The Labute approximate surface area is 132 Å². The predicted molar refractivity (Wildman–Crippen MR) is 85.0 cm³/mol. The van der Waals surface area contributed by atoms with Crippen molar-refractivity contribution >= 4 is 0 Å². The molecule has 0 aliphatic carbocycles. The molecule has 3 heterocycles. The summed E-state index contributed by atoms with van der Waals surface area (Å²) in [6, 6.07) is 8.08. The summed E-state index contributed by atoms with van der Waals surface area (Å²) in [4.78, 5) is 7.26. The molecule has 0 aliphatic rings. The average molecular weight is 305 g/mol. The lowest BCUT2D eigenvalue weighted by Gasteiger charge is -2.06. The Hall–Kier alpha value is -3.22. The van der Waals surface area contributed by atoms with Gasteiger partial charge in [0, 0.05) is 30.4 Å². The van der Waals surface area contributed by atoms with Crippen LogP contribution < -0.4 is 0 Å². The van der Waals surface area contributed by atoms with Crippen LogP contribution in [0.4, 0.5) is 0 Å². The fraction of sp³-hybridized carbons (Fsp3) is 0.125. The summed E-state index contributed by atoms with van der Waals surface area (Å²) in [5.74, 6) is 0.854. The van der Waals surface area contributed by atoms with E-state index in [0.717, 1.165) is 28.3 Å². The molecule has 0 unspecified atom stereocenters. The lowest BCUT2D eigenvalue weighted by atomic mass is 10.1. The standard InChI is InChI=1S/C16H15N7/c1-12-9-13(23-8-2-5-19-23)3-4-14(12)15-10-22(21-20-15)11-16-17-6-7-18-16/h2-10H,11H2,1H3,(H,17,18). The van der Waals surface area contributed by atoms with Gasteiger partial charge in [-0.1, -0.05) is 11.3 Å². The number of H-pyrrole nitrogens is 1. The van der Waals surface area contributed by atoms with E-state index in [2.05, 4.69) is 38.4 Å². The number of aromatic nitrogens is 7. The van der Waals surface area contributed by atoms with Crippen molar-refractivity contribution in [3.8, 4) is 16.9 Å². The molecule has 3 aromatic heterocycles. The second-order valence-corrected chi connectivity index (χ2v) is 5.29. The van der Waals surface area contributed by atoms with Crippen LogP contribution in [-0.2, 0) is 6.54 Å². The van der Waals surface area contributed by atoms with Crippen molar-refractivity contribution < 1.29 is 0 Å². The van der Waals surface area contributed by atoms with Crippen LogP contribution in [0.1, 0.15) is 11.4 Å². The van der Waals surface area contributed by atoms with E-state index in [0.29, 0.717) is 6.54 Å². The summed E-state index contributed by atoms with van der Waals surface area (Å²) < 4.78 is 3.61. The minimum atomic E-state index is 0.574. The van der Waals surface area contributed by atoms with Gasteiger partial charge in [0.25, 0.3) is 0 Å². The van der Waals surface area contributed by atoms with Gasteiger partial charge >= 0.3 is 0 Å². The summed E-state index contributed by atoms with van der Waals surface area (Å²) in [7, 11) is 0. The van der Waals surface area contributed by atoms with Crippen molar-refractivity contribution in [1.29, 1.82) is 0 Å². The van der Waals surface area contributed by atoms with Gasteiger partial charge in [0.15, 0.2) is 0 Å². The zero-order valence-electron chi connectivity index (χ0n) is 12.6. The Morgan fingerprint density at radius 3 is 2.91 bits per heavy atom. The van der Waals surface area contributed by atoms with Crippen LogP contribution in [0.25, 0.3) is 16.9 Å². The molecule has 4 rings (SSSR count). The molecular formula is C16H15N7. The number of nitrogens with zero attached hydrogens (tertiary/aromatic N) is 6. The minimum Gasteiger partial charge on any atom is -0.347 e. The Kier molecular flexibility index (Phi) is 3.23. The monoisotopic (exact) mass is 305 g/mol. The number of aryl methyl sites for hydroxylation is 1. The first kappa shape index (κ1) is 13.4. The fourth-order valence-corrected chi connectivity index (χ4v) is 2.54. The molecule has 0 amide bonds. The van der Waals surface area contributed by atoms with Crippen LogP contribution in [0.3, 0.4) is 0 Å². The highest BCUT2D eigenvalue weighted by Crippen LogP contribution is 2.23. The molecule has 7 nitrogen and oxygen atoms in total. The third kappa shape index (κ3) is 2.64. The molecule has 0 fully saturated rings. The third-order valence-electron chi connectivity index (χ3n) is 3.66. The van der Waals surface area contributed by atoms with E-state index in [-0.39, 0.29) is 0 Å². The van der Waals surface area contributed by atoms with Crippen molar-refractivity contribution in [3.05, 3.63) is 66.6 Å². The summed E-state index contributed by atoms with van der Waals surface area (Å²) in [6.45, 7) is 2.64. The van der Waals surface area contributed by atoms with E-state index in [1.54, 1.807) is 23.3 Å². The van der Waals surface area contributed by atoms with Gasteiger partial charge < -0.3 is 4.98 Å². The minimum absolute atomic E-state index is 0.574. The first-order valence-electron chi connectivity index (χ1n) is 7.29. The number of benzene rings is 1. The maximum absolute atomic E-state index is 4.27. The number of imidazole rings is 1. The molecular weight excluding hydrogens is 290 g/mol. The average Bonchev–Trinajstić information content (AvgIpc) is 3.30. The smallest absolute Gasteiger partial charge is 0.127 e. The Balaban J connectivity index is 1.62. The highest BCUT2D eigenvalue weighted by Gasteiger charge is 2.09. The van der Waals surface area contributed by atoms with Gasteiger partial charge in [0.1, 0.15) is 18.1 Å². The van der Waals surface area contributed by atoms with E-state index < -0.39 is 0 Å². The third-order valence-corrected chi connectivity index (χ3v) is 3.66. The van der Waals surface area contributed by atoms with Crippen LogP contribution in [0.5, 0.6) is 0 Å². The highest BCUT2D eigenvalue weighted by atomic mass is 15.4. The molecule has 0 aliphatic heterocycles. The summed E-state index contributed by atoms with van der Waals surface area (Å²) in [6.07, 6.45) is 9.15. The zero-order chi connectivity index (χ0) is 15.6. The highest BCUT2D eigenvalue weighted by molar-refractivity contribution is 5.64. The summed E-state index contributed by atoms with van der Waals surface area (Å²) in [5.41, 5.74) is 4.06. The van der Waals surface area contributed by atoms with Crippen LogP contribution >= 0.6 is 0 Å². The molecule has 0 radical (unpaired) electrons. The van der Waals surface area contributed by atoms with Crippen molar-refractivity contribution in [3.63, 3.8) is 0 Å². The number of rotatable bonds is 4. The predicted octanol–water partition coefficient (Wildman–Crippen LogP) is 2.21.